The predicted molar refractivity (Wildman–Crippen MR) is 65.7 cm³/mol. The molecule has 0 aliphatic carbocycles. The Bertz CT molecular complexity index is 549. The number of alkyl halides is 3. The standard InChI is InChI=1S/C10H4Br2F3N3/c11-7-6(10(13,14)15)8(12)18-9(17-7)5-1-3-16-4-2-5/h1-4H. The van der Waals surface area contributed by atoms with Gasteiger partial charge in [-0.1, -0.05) is 0 Å². The fraction of sp³-hybridized carbons (Fsp3) is 0.100. The summed E-state index contributed by atoms with van der Waals surface area (Å²) in [7, 11) is 0. The van der Waals surface area contributed by atoms with Gasteiger partial charge in [-0.05, 0) is 44.0 Å². The molecule has 0 N–H and O–H groups in total. The van der Waals surface area contributed by atoms with Crippen LogP contribution in [0.25, 0.3) is 11.4 Å². The van der Waals surface area contributed by atoms with Gasteiger partial charge in [0.2, 0.25) is 0 Å². The van der Waals surface area contributed by atoms with Gasteiger partial charge in [0.15, 0.2) is 5.82 Å². The normalized spacial score (nSPS) is 11.6. The van der Waals surface area contributed by atoms with Crippen LogP contribution in [0.3, 0.4) is 0 Å². The lowest BCUT2D eigenvalue weighted by Gasteiger charge is -2.11. The number of nitrogens with zero attached hydrogens (tertiary/aromatic N) is 3. The van der Waals surface area contributed by atoms with Crippen LogP contribution in [0.15, 0.2) is 33.7 Å². The molecule has 0 saturated heterocycles. The van der Waals surface area contributed by atoms with Crippen molar-refractivity contribution in [3.05, 3.63) is 39.3 Å². The molecule has 0 radical (unpaired) electrons. The molecule has 0 bridgehead atoms. The third-order valence-corrected chi connectivity index (χ3v) is 3.19. The van der Waals surface area contributed by atoms with E-state index in [-0.39, 0.29) is 15.0 Å². The largest absolute Gasteiger partial charge is 0.421 e. The Morgan fingerprint density at radius 1 is 0.944 bits per heavy atom. The molecule has 0 spiro atoms. The minimum atomic E-state index is -4.52. The van der Waals surface area contributed by atoms with Crippen molar-refractivity contribution in [1.82, 2.24) is 15.0 Å². The van der Waals surface area contributed by atoms with Crippen LogP contribution in [0.4, 0.5) is 13.2 Å². The summed E-state index contributed by atoms with van der Waals surface area (Å²) in [6.45, 7) is 0. The highest BCUT2D eigenvalue weighted by Crippen LogP contribution is 2.38. The SMILES string of the molecule is FC(F)(F)c1c(Br)nc(-c2ccncc2)nc1Br. The molecule has 0 saturated carbocycles. The van der Waals surface area contributed by atoms with Crippen LogP contribution in [0.5, 0.6) is 0 Å². The quantitative estimate of drug-likeness (QED) is 0.697. The summed E-state index contributed by atoms with van der Waals surface area (Å²) < 4.78 is 37.5. The number of hydrogen-bond acceptors (Lipinski definition) is 3. The fourth-order valence-electron chi connectivity index (χ4n) is 1.27. The van der Waals surface area contributed by atoms with Gasteiger partial charge in [0.05, 0.1) is 0 Å². The smallest absolute Gasteiger partial charge is 0.265 e. The zero-order valence-electron chi connectivity index (χ0n) is 8.54. The Kier molecular flexibility index (Phi) is 3.67. The minimum absolute atomic E-state index is 0.184. The average Bonchev–Trinajstić information content (AvgIpc) is 2.27. The number of rotatable bonds is 1. The summed E-state index contributed by atoms with van der Waals surface area (Å²) >= 11 is 5.63. The van der Waals surface area contributed by atoms with Gasteiger partial charge in [-0.2, -0.15) is 13.2 Å². The predicted octanol–water partition coefficient (Wildman–Crippen LogP) is 4.08. The highest BCUT2D eigenvalue weighted by molar-refractivity contribution is 9.11. The molecule has 0 aliphatic heterocycles. The molecule has 2 aromatic heterocycles. The van der Waals surface area contributed by atoms with Crippen LogP contribution < -0.4 is 0 Å². The van der Waals surface area contributed by atoms with Crippen molar-refractivity contribution in [1.29, 1.82) is 0 Å². The van der Waals surface area contributed by atoms with Gasteiger partial charge in [0.1, 0.15) is 14.8 Å². The molecule has 0 atom stereocenters. The third kappa shape index (κ3) is 2.69. The minimum Gasteiger partial charge on any atom is -0.265 e. The van der Waals surface area contributed by atoms with Gasteiger partial charge in [-0.15, -0.1) is 0 Å². The van der Waals surface area contributed by atoms with Crippen molar-refractivity contribution in [2.75, 3.05) is 0 Å². The van der Waals surface area contributed by atoms with E-state index in [9.17, 15) is 13.2 Å². The molecule has 3 nitrogen and oxygen atoms in total. The zero-order valence-corrected chi connectivity index (χ0v) is 11.7. The summed E-state index contributed by atoms with van der Waals surface area (Å²) in [5.74, 6) is 0.184. The first kappa shape index (κ1) is 13.4. The second-order valence-electron chi connectivity index (χ2n) is 3.24. The first-order valence-electron chi connectivity index (χ1n) is 4.60. The first-order valence-corrected chi connectivity index (χ1v) is 6.19. The van der Waals surface area contributed by atoms with E-state index in [2.05, 4.69) is 46.8 Å². The van der Waals surface area contributed by atoms with E-state index >= 15 is 0 Å². The summed E-state index contributed by atoms with van der Waals surface area (Å²) in [4.78, 5) is 11.4. The molecular weight excluding hydrogens is 379 g/mol. The Labute approximate surface area is 117 Å². The van der Waals surface area contributed by atoms with E-state index in [1.165, 1.54) is 12.4 Å². The fourth-order valence-corrected chi connectivity index (χ4v) is 2.70. The Hall–Kier alpha value is -1.02. The summed E-state index contributed by atoms with van der Waals surface area (Å²) in [6.07, 6.45) is -1.50. The average molecular weight is 383 g/mol. The van der Waals surface area contributed by atoms with E-state index in [1.54, 1.807) is 12.1 Å². The van der Waals surface area contributed by atoms with Crippen molar-refractivity contribution in [3.8, 4) is 11.4 Å². The Morgan fingerprint density at radius 2 is 1.44 bits per heavy atom. The Morgan fingerprint density at radius 3 is 1.89 bits per heavy atom. The van der Waals surface area contributed by atoms with Gasteiger partial charge in [-0.25, -0.2) is 9.97 Å². The maximum absolute atomic E-state index is 12.7. The van der Waals surface area contributed by atoms with Crippen LogP contribution in [0.1, 0.15) is 5.56 Å². The topological polar surface area (TPSA) is 38.7 Å². The van der Waals surface area contributed by atoms with Crippen molar-refractivity contribution in [2.45, 2.75) is 6.18 Å². The van der Waals surface area contributed by atoms with Crippen LogP contribution in [0.2, 0.25) is 0 Å². The summed E-state index contributed by atoms with van der Waals surface area (Å²) in [5.41, 5.74) is -0.347. The van der Waals surface area contributed by atoms with Gasteiger partial charge >= 0.3 is 6.18 Å². The van der Waals surface area contributed by atoms with Crippen LogP contribution in [-0.2, 0) is 6.18 Å². The molecule has 0 aromatic carbocycles. The van der Waals surface area contributed by atoms with Crippen LogP contribution >= 0.6 is 31.9 Å². The van der Waals surface area contributed by atoms with Crippen molar-refractivity contribution in [2.24, 2.45) is 0 Å². The molecule has 2 heterocycles. The van der Waals surface area contributed by atoms with Gasteiger partial charge in [0.25, 0.3) is 0 Å². The molecule has 0 amide bonds. The molecule has 8 heteroatoms. The van der Waals surface area contributed by atoms with Gasteiger partial charge in [0, 0.05) is 18.0 Å². The van der Waals surface area contributed by atoms with Crippen molar-refractivity contribution >= 4 is 31.9 Å². The van der Waals surface area contributed by atoms with Crippen LogP contribution in [-0.4, -0.2) is 15.0 Å². The van der Waals surface area contributed by atoms with E-state index in [0.717, 1.165) is 0 Å². The molecule has 94 valence electrons. The molecule has 0 unspecified atom stereocenters. The second-order valence-corrected chi connectivity index (χ2v) is 4.74. The molecule has 2 rings (SSSR count). The number of pyridine rings is 1. The lowest BCUT2D eigenvalue weighted by Crippen LogP contribution is -2.10. The third-order valence-electron chi connectivity index (χ3n) is 2.04. The van der Waals surface area contributed by atoms with E-state index < -0.39 is 11.7 Å². The monoisotopic (exact) mass is 381 g/mol. The lowest BCUT2D eigenvalue weighted by atomic mass is 10.2. The number of aromatic nitrogens is 3. The maximum atomic E-state index is 12.7. The van der Waals surface area contributed by atoms with Crippen molar-refractivity contribution < 1.29 is 13.2 Å². The number of halogens is 5. The molecule has 2 aromatic rings. The molecular formula is C10H4Br2F3N3. The highest BCUT2D eigenvalue weighted by atomic mass is 79.9. The number of hydrogen-bond donors (Lipinski definition) is 0. The molecule has 18 heavy (non-hydrogen) atoms. The Balaban J connectivity index is 2.57. The van der Waals surface area contributed by atoms with E-state index in [0.29, 0.717) is 5.56 Å². The van der Waals surface area contributed by atoms with Crippen LogP contribution in [0, 0.1) is 0 Å². The van der Waals surface area contributed by atoms with E-state index in [4.69, 9.17) is 0 Å². The summed E-state index contributed by atoms with van der Waals surface area (Å²) in [6, 6.07) is 3.23. The van der Waals surface area contributed by atoms with E-state index in [1.807, 2.05) is 0 Å². The lowest BCUT2D eigenvalue weighted by molar-refractivity contribution is -0.139. The van der Waals surface area contributed by atoms with Gasteiger partial charge in [-0.3, -0.25) is 4.98 Å². The zero-order chi connectivity index (χ0) is 13.3. The maximum Gasteiger partial charge on any atom is 0.421 e. The summed E-state index contributed by atoms with van der Waals surface area (Å²) in [5, 5.41) is 0. The highest BCUT2D eigenvalue weighted by Gasteiger charge is 2.37. The first-order chi connectivity index (χ1) is 8.39. The molecule has 0 aliphatic rings. The second kappa shape index (κ2) is 4.93. The molecule has 0 fully saturated rings. The van der Waals surface area contributed by atoms with Gasteiger partial charge < -0.3 is 0 Å². The van der Waals surface area contributed by atoms with Crippen molar-refractivity contribution in [3.63, 3.8) is 0 Å².